The molecule has 0 fully saturated rings. The Labute approximate surface area is 112 Å². The smallest absolute Gasteiger partial charge is 0.231 e. The summed E-state index contributed by atoms with van der Waals surface area (Å²) >= 11 is 0. The van der Waals surface area contributed by atoms with Gasteiger partial charge in [-0.2, -0.15) is 0 Å². The van der Waals surface area contributed by atoms with Crippen LogP contribution in [0.5, 0.6) is 0 Å². The molecule has 1 rings (SSSR count). The van der Waals surface area contributed by atoms with Gasteiger partial charge in [-0.05, 0) is 17.7 Å². The molecule has 1 amide bonds. The lowest BCUT2D eigenvalue weighted by Gasteiger charge is -2.20. The summed E-state index contributed by atoms with van der Waals surface area (Å²) in [5, 5.41) is 8.61. The van der Waals surface area contributed by atoms with Gasteiger partial charge < -0.3 is 21.3 Å². The largest absolute Gasteiger partial charge is 0.399 e. The van der Waals surface area contributed by atoms with Crippen molar-refractivity contribution in [3.8, 4) is 0 Å². The number of aliphatic hydroxyl groups excluding tert-OH is 1. The van der Waals surface area contributed by atoms with Crippen molar-refractivity contribution in [2.24, 2.45) is 5.73 Å². The van der Waals surface area contributed by atoms with E-state index in [-0.39, 0.29) is 19.1 Å². The zero-order valence-corrected chi connectivity index (χ0v) is 10.9. The van der Waals surface area contributed by atoms with E-state index in [4.69, 9.17) is 21.3 Å². The third-order valence-corrected chi connectivity index (χ3v) is 2.55. The van der Waals surface area contributed by atoms with Gasteiger partial charge in [-0.25, -0.2) is 0 Å². The number of hydrogen-bond donors (Lipinski definition) is 3. The number of primary amides is 1. The first-order valence-corrected chi connectivity index (χ1v) is 6.15. The summed E-state index contributed by atoms with van der Waals surface area (Å²) in [6, 6.07) is 7.47. The van der Waals surface area contributed by atoms with Gasteiger partial charge in [-0.15, -0.1) is 0 Å². The van der Waals surface area contributed by atoms with Crippen molar-refractivity contribution in [3.63, 3.8) is 0 Å². The van der Waals surface area contributed by atoms with Gasteiger partial charge in [0.1, 0.15) is 0 Å². The molecule has 0 aromatic heterocycles. The van der Waals surface area contributed by atoms with Crippen molar-refractivity contribution in [1.82, 2.24) is 4.90 Å². The second kappa shape index (κ2) is 8.47. The average Bonchev–Trinajstić information content (AvgIpc) is 2.36. The van der Waals surface area contributed by atoms with Crippen molar-refractivity contribution in [2.45, 2.75) is 6.54 Å². The highest BCUT2D eigenvalue weighted by Crippen LogP contribution is 2.08. The molecule has 0 aliphatic carbocycles. The lowest BCUT2D eigenvalue weighted by molar-refractivity contribution is -0.119. The lowest BCUT2D eigenvalue weighted by atomic mass is 10.2. The molecule has 6 heteroatoms. The maximum atomic E-state index is 11.0. The minimum atomic E-state index is -0.377. The van der Waals surface area contributed by atoms with Gasteiger partial charge in [0.05, 0.1) is 26.4 Å². The molecular weight excluding hydrogens is 246 g/mol. The summed E-state index contributed by atoms with van der Waals surface area (Å²) in [5.41, 5.74) is 12.6. The Balaban J connectivity index is 2.48. The van der Waals surface area contributed by atoms with Gasteiger partial charge >= 0.3 is 0 Å². The fourth-order valence-electron chi connectivity index (χ4n) is 1.68. The van der Waals surface area contributed by atoms with Crippen LogP contribution in [0, 0.1) is 0 Å². The minimum absolute atomic E-state index is 0.00617. The fraction of sp³-hybridized carbons (Fsp3) is 0.462. The van der Waals surface area contributed by atoms with Crippen LogP contribution in [0.15, 0.2) is 24.3 Å². The molecule has 0 saturated carbocycles. The monoisotopic (exact) mass is 267 g/mol. The van der Waals surface area contributed by atoms with E-state index in [1.807, 2.05) is 29.2 Å². The van der Waals surface area contributed by atoms with E-state index in [1.165, 1.54) is 0 Å². The van der Waals surface area contributed by atoms with Crippen LogP contribution in [-0.2, 0) is 16.1 Å². The van der Waals surface area contributed by atoms with Gasteiger partial charge in [-0.3, -0.25) is 9.69 Å². The van der Waals surface area contributed by atoms with Crippen LogP contribution in [0.2, 0.25) is 0 Å². The maximum absolute atomic E-state index is 11.0. The Morgan fingerprint density at radius 2 is 1.95 bits per heavy atom. The highest BCUT2D eigenvalue weighted by atomic mass is 16.5. The molecular formula is C13H21N3O3. The van der Waals surface area contributed by atoms with Gasteiger partial charge in [0, 0.05) is 18.8 Å². The van der Waals surface area contributed by atoms with E-state index < -0.39 is 0 Å². The first-order valence-electron chi connectivity index (χ1n) is 6.15. The van der Waals surface area contributed by atoms with Crippen LogP contribution in [-0.4, -0.2) is 48.8 Å². The van der Waals surface area contributed by atoms with E-state index in [9.17, 15) is 4.79 Å². The van der Waals surface area contributed by atoms with Crippen LogP contribution in [0.25, 0.3) is 0 Å². The molecule has 1 aromatic rings. The molecule has 6 nitrogen and oxygen atoms in total. The van der Waals surface area contributed by atoms with Crippen molar-refractivity contribution >= 4 is 11.6 Å². The fourth-order valence-corrected chi connectivity index (χ4v) is 1.68. The normalized spacial score (nSPS) is 10.8. The lowest BCUT2D eigenvalue weighted by Crippen LogP contribution is -2.35. The van der Waals surface area contributed by atoms with Gasteiger partial charge in [0.25, 0.3) is 0 Å². The standard InChI is InChI=1S/C13H21N3O3/c14-12-3-1-11(2-4-12)9-16(10-13(15)18)5-7-19-8-6-17/h1-4,17H,5-10,14H2,(H2,15,18). The van der Waals surface area contributed by atoms with Gasteiger partial charge in [0.15, 0.2) is 0 Å². The summed E-state index contributed by atoms with van der Waals surface area (Å²) in [7, 11) is 0. The number of ether oxygens (including phenoxy) is 1. The third kappa shape index (κ3) is 6.76. The molecule has 0 aliphatic heterocycles. The number of hydrogen-bond acceptors (Lipinski definition) is 5. The molecule has 0 aliphatic rings. The topological polar surface area (TPSA) is 102 Å². The van der Waals surface area contributed by atoms with Gasteiger partial charge in [0.2, 0.25) is 5.91 Å². The number of rotatable bonds is 9. The summed E-state index contributed by atoms with van der Waals surface area (Å²) in [5.74, 6) is -0.377. The van der Waals surface area contributed by atoms with Crippen LogP contribution in [0.1, 0.15) is 5.56 Å². The number of amides is 1. The third-order valence-electron chi connectivity index (χ3n) is 2.55. The van der Waals surface area contributed by atoms with Crippen LogP contribution >= 0.6 is 0 Å². The van der Waals surface area contributed by atoms with Crippen molar-refractivity contribution in [3.05, 3.63) is 29.8 Å². The number of nitrogen functional groups attached to an aromatic ring is 1. The first-order chi connectivity index (χ1) is 9.11. The van der Waals surface area contributed by atoms with Gasteiger partial charge in [-0.1, -0.05) is 12.1 Å². The van der Waals surface area contributed by atoms with E-state index in [0.717, 1.165) is 5.56 Å². The molecule has 0 atom stereocenters. The number of nitrogens with two attached hydrogens (primary N) is 2. The van der Waals surface area contributed by atoms with Crippen molar-refractivity contribution < 1.29 is 14.6 Å². The predicted molar refractivity (Wildman–Crippen MR) is 73.2 cm³/mol. The second-order valence-corrected chi connectivity index (χ2v) is 4.25. The molecule has 0 saturated heterocycles. The Morgan fingerprint density at radius 3 is 2.53 bits per heavy atom. The number of nitrogens with zero attached hydrogens (tertiary/aromatic N) is 1. The Kier molecular flexibility index (Phi) is 6.88. The van der Waals surface area contributed by atoms with Crippen LogP contribution in [0.4, 0.5) is 5.69 Å². The molecule has 106 valence electrons. The van der Waals surface area contributed by atoms with Crippen molar-refractivity contribution in [2.75, 3.05) is 38.6 Å². The van der Waals surface area contributed by atoms with Crippen LogP contribution < -0.4 is 11.5 Å². The summed E-state index contributed by atoms with van der Waals surface area (Å²) < 4.78 is 5.19. The highest BCUT2D eigenvalue weighted by Gasteiger charge is 2.09. The number of anilines is 1. The molecule has 0 spiro atoms. The SMILES string of the molecule is NC(=O)CN(CCOCCO)Cc1ccc(N)cc1. The molecule has 0 heterocycles. The average molecular weight is 267 g/mol. The number of carbonyl (C=O) groups is 1. The Hall–Kier alpha value is -1.63. The molecule has 5 N–H and O–H groups in total. The summed E-state index contributed by atoms with van der Waals surface area (Å²) in [6.07, 6.45) is 0. The van der Waals surface area contributed by atoms with E-state index in [1.54, 1.807) is 0 Å². The Morgan fingerprint density at radius 1 is 1.26 bits per heavy atom. The molecule has 19 heavy (non-hydrogen) atoms. The maximum Gasteiger partial charge on any atom is 0.231 e. The number of benzene rings is 1. The summed E-state index contributed by atoms with van der Waals surface area (Å²) in [4.78, 5) is 12.9. The van der Waals surface area contributed by atoms with Crippen molar-refractivity contribution in [1.29, 1.82) is 0 Å². The second-order valence-electron chi connectivity index (χ2n) is 4.25. The summed E-state index contributed by atoms with van der Waals surface area (Å²) in [6.45, 7) is 2.09. The van der Waals surface area contributed by atoms with Crippen LogP contribution in [0.3, 0.4) is 0 Å². The van der Waals surface area contributed by atoms with E-state index in [0.29, 0.717) is 32.0 Å². The first kappa shape index (κ1) is 15.4. The van der Waals surface area contributed by atoms with E-state index >= 15 is 0 Å². The number of carbonyl (C=O) groups excluding carboxylic acids is 1. The molecule has 1 aromatic carbocycles. The predicted octanol–water partition coefficient (Wildman–Crippen LogP) is -0.435. The Bertz CT molecular complexity index is 381. The quantitative estimate of drug-likeness (QED) is 0.416. The molecule has 0 radical (unpaired) electrons. The minimum Gasteiger partial charge on any atom is -0.399 e. The molecule has 0 bridgehead atoms. The van der Waals surface area contributed by atoms with E-state index in [2.05, 4.69) is 0 Å². The number of aliphatic hydroxyl groups is 1. The zero-order chi connectivity index (χ0) is 14.1. The zero-order valence-electron chi connectivity index (χ0n) is 10.9. The highest BCUT2D eigenvalue weighted by molar-refractivity contribution is 5.75. The molecule has 0 unspecified atom stereocenters.